The number of alkyl halides is 3. The number of nitrogens with two attached hydrogens (primary N) is 1. The summed E-state index contributed by atoms with van der Waals surface area (Å²) in [5.41, 5.74) is 9.15. The maximum Gasteiger partial charge on any atom is 0.573 e. The number of carbonyl (C=O) groups excluding carboxylic acids is 1. The van der Waals surface area contributed by atoms with Gasteiger partial charge in [0.05, 0.1) is 5.69 Å². The number of nitrogens with one attached hydrogen (secondary N) is 1. The van der Waals surface area contributed by atoms with Crippen LogP contribution in [0.25, 0.3) is 0 Å². The average Bonchev–Trinajstić information content (AvgIpc) is 3.63. The Morgan fingerprint density at radius 1 is 1.05 bits per heavy atom. The molecule has 2 atom stereocenters. The number of aliphatic imine (C=N–C) groups is 2. The largest absolute Gasteiger partial charge is 0.573 e. The monoisotopic (exact) mass is 524 g/mol. The van der Waals surface area contributed by atoms with Crippen molar-refractivity contribution in [2.45, 2.75) is 44.5 Å². The number of rotatable bonds is 8. The number of halogens is 3. The van der Waals surface area contributed by atoms with Crippen molar-refractivity contribution in [3.8, 4) is 11.5 Å². The maximum absolute atomic E-state index is 12.4. The first-order valence-corrected chi connectivity index (χ1v) is 12.0. The zero-order valence-electron chi connectivity index (χ0n) is 20.8. The quantitative estimate of drug-likeness (QED) is 0.262. The summed E-state index contributed by atoms with van der Waals surface area (Å²) in [6.45, 7) is 4.09. The minimum atomic E-state index is -4.75. The van der Waals surface area contributed by atoms with Gasteiger partial charge in [-0.2, -0.15) is 0 Å². The summed E-state index contributed by atoms with van der Waals surface area (Å²) in [6.07, 6.45) is -3.18. The molecular formula is C28H27F3N4O3. The predicted octanol–water partition coefficient (Wildman–Crippen LogP) is 6.42. The maximum atomic E-state index is 12.4. The lowest BCUT2D eigenvalue weighted by atomic mass is 10.0. The van der Waals surface area contributed by atoms with Gasteiger partial charge in [-0.1, -0.05) is 56.3 Å². The van der Waals surface area contributed by atoms with E-state index in [0.29, 0.717) is 17.0 Å². The molecule has 10 heteroatoms. The summed E-state index contributed by atoms with van der Waals surface area (Å²) in [4.78, 5) is 20.6. The van der Waals surface area contributed by atoms with Gasteiger partial charge in [-0.3, -0.25) is 0 Å². The first-order valence-electron chi connectivity index (χ1n) is 12.0. The van der Waals surface area contributed by atoms with Crippen molar-refractivity contribution >= 4 is 24.0 Å². The number of para-hydroxylation sites is 1. The minimum absolute atomic E-state index is 0.00868. The number of benzene rings is 3. The number of amides is 1. The molecule has 1 saturated carbocycles. The van der Waals surface area contributed by atoms with Gasteiger partial charge in [-0.05, 0) is 53.8 Å². The van der Waals surface area contributed by atoms with E-state index in [9.17, 15) is 18.0 Å². The van der Waals surface area contributed by atoms with Crippen LogP contribution in [-0.2, 0) is 0 Å². The second kappa shape index (κ2) is 11.4. The molecule has 3 aromatic carbocycles. The molecule has 3 aromatic rings. The Hall–Kier alpha value is -4.34. The lowest BCUT2D eigenvalue weighted by molar-refractivity contribution is -0.274. The molecule has 0 bridgehead atoms. The van der Waals surface area contributed by atoms with Crippen molar-refractivity contribution in [3.05, 3.63) is 89.5 Å². The Morgan fingerprint density at radius 3 is 2.39 bits per heavy atom. The standard InChI is InChI=1S/C28H27F3N4O3/c1-17(2)22-5-3-4-6-25(22)37-27(36)35-24-15-23(24)18-7-9-19(10-8-18)26(32)34-16-33-20-11-13-21(14-12-20)38-28(29,30)31/h3-14,16-17,23-24H,15H2,1-2H3,(H,35,36)(H2,32,33,34). The molecule has 38 heavy (non-hydrogen) atoms. The molecule has 3 N–H and O–H groups in total. The van der Waals surface area contributed by atoms with Gasteiger partial charge in [0.1, 0.15) is 23.7 Å². The van der Waals surface area contributed by atoms with Crippen LogP contribution in [0.5, 0.6) is 11.5 Å². The molecule has 0 heterocycles. The van der Waals surface area contributed by atoms with Crippen LogP contribution in [0.15, 0.2) is 82.8 Å². The fourth-order valence-corrected chi connectivity index (χ4v) is 3.92. The molecule has 7 nitrogen and oxygen atoms in total. The Bertz CT molecular complexity index is 1320. The Kier molecular flexibility index (Phi) is 7.99. The third kappa shape index (κ3) is 7.34. The summed E-state index contributed by atoms with van der Waals surface area (Å²) < 4.78 is 46.1. The molecule has 0 aliphatic heterocycles. The molecule has 198 valence electrons. The zero-order chi connectivity index (χ0) is 27.3. The van der Waals surface area contributed by atoms with Crippen LogP contribution in [0.1, 0.15) is 48.8 Å². The van der Waals surface area contributed by atoms with Crippen molar-refractivity contribution in [1.82, 2.24) is 5.32 Å². The normalized spacial score (nSPS) is 17.5. The van der Waals surface area contributed by atoms with E-state index >= 15 is 0 Å². The van der Waals surface area contributed by atoms with Gasteiger partial charge >= 0.3 is 12.5 Å². The number of carbonyl (C=O) groups is 1. The molecule has 1 aliphatic rings. The first-order chi connectivity index (χ1) is 18.1. The Balaban J connectivity index is 1.29. The number of ether oxygens (including phenoxy) is 2. The smallest absolute Gasteiger partial charge is 0.410 e. The van der Waals surface area contributed by atoms with E-state index in [1.807, 2.05) is 56.3 Å². The van der Waals surface area contributed by atoms with E-state index in [-0.39, 0.29) is 29.5 Å². The summed E-state index contributed by atoms with van der Waals surface area (Å²) in [5.74, 6) is 0.881. The van der Waals surface area contributed by atoms with Gasteiger partial charge in [0, 0.05) is 17.5 Å². The first kappa shape index (κ1) is 26.7. The minimum Gasteiger partial charge on any atom is -0.410 e. The fourth-order valence-electron chi connectivity index (χ4n) is 3.92. The molecule has 2 unspecified atom stereocenters. The van der Waals surface area contributed by atoms with Gasteiger partial charge in [-0.15, -0.1) is 13.2 Å². The third-order valence-corrected chi connectivity index (χ3v) is 5.95. The van der Waals surface area contributed by atoms with Gasteiger partial charge in [0.15, 0.2) is 0 Å². The van der Waals surface area contributed by atoms with E-state index in [1.54, 1.807) is 6.07 Å². The lowest BCUT2D eigenvalue weighted by Gasteiger charge is -2.13. The highest BCUT2D eigenvalue weighted by atomic mass is 19.4. The van der Waals surface area contributed by atoms with Crippen LogP contribution < -0.4 is 20.5 Å². The van der Waals surface area contributed by atoms with Crippen molar-refractivity contribution in [1.29, 1.82) is 0 Å². The lowest BCUT2D eigenvalue weighted by Crippen LogP contribution is -2.30. The molecule has 1 amide bonds. The Morgan fingerprint density at radius 2 is 1.74 bits per heavy atom. The number of amidine groups is 1. The molecule has 0 saturated heterocycles. The average molecular weight is 525 g/mol. The molecule has 4 rings (SSSR count). The van der Waals surface area contributed by atoms with Gasteiger partial charge in [0.25, 0.3) is 0 Å². The van der Waals surface area contributed by atoms with Gasteiger partial charge in [0.2, 0.25) is 0 Å². The third-order valence-electron chi connectivity index (χ3n) is 5.95. The predicted molar refractivity (Wildman–Crippen MR) is 139 cm³/mol. The van der Waals surface area contributed by atoms with Crippen LogP contribution >= 0.6 is 0 Å². The van der Waals surface area contributed by atoms with Crippen molar-refractivity contribution < 1.29 is 27.4 Å². The highest BCUT2D eigenvalue weighted by Gasteiger charge is 2.40. The Labute approximate surface area is 218 Å². The molecule has 1 fully saturated rings. The highest BCUT2D eigenvalue weighted by Crippen LogP contribution is 2.41. The second-order valence-electron chi connectivity index (χ2n) is 9.10. The van der Waals surface area contributed by atoms with Crippen LogP contribution in [0.2, 0.25) is 0 Å². The number of hydrogen-bond donors (Lipinski definition) is 2. The van der Waals surface area contributed by atoms with E-state index in [4.69, 9.17) is 10.5 Å². The molecule has 1 aliphatic carbocycles. The van der Waals surface area contributed by atoms with Crippen LogP contribution in [0.4, 0.5) is 23.7 Å². The van der Waals surface area contributed by atoms with Crippen LogP contribution in [0.3, 0.4) is 0 Å². The fraction of sp³-hybridized carbons (Fsp3) is 0.250. The second-order valence-corrected chi connectivity index (χ2v) is 9.10. The summed E-state index contributed by atoms with van der Waals surface area (Å²) in [7, 11) is 0. The zero-order valence-corrected chi connectivity index (χ0v) is 20.8. The highest BCUT2D eigenvalue weighted by molar-refractivity contribution is 6.01. The van der Waals surface area contributed by atoms with Crippen LogP contribution in [0, 0.1) is 0 Å². The van der Waals surface area contributed by atoms with E-state index in [0.717, 1.165) is 29.7 Å². The summed E-state index contributed by atoms with van der Waals surface area (Å²) in [6, 6.07) is 20.1. The van der Waals surface area contributed by atoms with Crippen molar-refractivity contribution in [2.24, 2.45) is 15.7 Å². The molecular weight excluding hydrogens is 497 g/mol. The molecule has 0 radical (unpaired) electrons. The topological polar surface area (TPSA) is 98.3 Å². The molecule has 0 aromatic heterocycles. The number of hydrogen-bond acceptors (Lipinski definition) is 4. The van der Waals surface area contributed by atoms with Gasteiger partial charge in [-0.25, -0.2) is 14.8 Å². The van der Waals surface area contributed by atoms with E-state index in [2.05, 4.69) is 20.0 Å². The SMILES string of the molecule is CC(C)c1ccccc1OC(=O)NC1CC1c1ccc(C(N)=NC=Nc2ccc(OC(F)(F)F)cc2)cc1. The summed E-state index contributed by atoms with van der Waals surface area (Å²) >= 11 is 0. The van der Waals surface area contributed by atoms with Crippen molar-refractivity contribution in [2.75, 3.05) is 0 Å². The van der Waals surface area contributed by atoms with E-state index < -0.39 is 12.5 Å². The van der Waals surface area contributed by atoms with Gasteiger partial charge < -0.3 is 20.5 Å². The number of nitrogens with zero attached hydrogens (tertiary/aromatic N) is 2. The molecule has 0 spiro atoms. The van der Waals surface area contributed by atoms with E-state index in [1.165, 1.54) is 18.5 Å². The summed E-state index contributed by atoms with van der Waals surface area (Å²) in [5, 5.41) is 2.92. The van der Waals surface area contributed by atoms with Crippen LogP contribution in [-0.4, -0.2) is 30.7 Å². The van der Waals surface area contributed by atoms with Crippen molar-refractivity contribution in [3.63, 3.8) is 0 Å².